The molecule has 1 aliphatic carbocycles. The molecule has 0 spiro atoms. The molecule has 1 saturated carbocycles. The Morgan fingerprint density at radius 2 is 1.42 bits per heavy atom. The first kappa shape index (κ1) is 17.7. The van der Waals surface area contributed by atoms with E-state index in [1.165, 1.54) is 0 Å². The summed E-state index contributed by atoms with van der Waals surface area (Å²) in [5.74, 6) is -1.38. The highest BCUT2D eigenvalue weighted by atomic mass is 16.5. The molecule has 0 aliphatic heterocycles. The minimum atomic E-state index is -0.398. The van der Waals surface area contributed by atoms with Crippen LogP contribution in [0.25, 0.3) is 0 Å². The van der Waals surface area contributed by atoms with Gasteiger partial charge in [0.15, 0.2) is 0 Å². The second-order valence-electron chi connectivity index (χ2n) is 6.09. The standard InChI is InChI=1S/C20H20N2O4/c1-2-26-20(25)13-8-10-15(11-9-13)22-19(24)17-12-16(17)18(23)21-14-6-4-3-5-7-14/h3-11,16-17H,2,12H2,1H3,(H,21,23)(H,22,24). The minimum absolute atomic E-state index is 0.144. The van der Waals surface area contributed by atoms with E-state index in [4.69, 9.17) is 4.74 Å². The number of hydrogen-bond acceptors (Lipinski definition) is 4. The number of nitrogens with one attached hydrogen (secondary N) is 2. The first-order valence-electron chi connectivity index (χ1n) is 8.52. The maximum Gasteiger partial charge on any atom is 0.338 e. The zero-order valence-electron chi connectivity index (χ0n) is 14.4. The van der Waals surface area contributed by atoms with Crippen molar-refractivity contribution in [3.63, 3.8) is 0 Å². The summed E-state index contributed by atoms with van der Waals surface area (Å²) in [5, 5.41) is 5.59. The molecule has 0 heterocycles. The molecule has 3 rings (SSSR count). The summed E-state index contributed by atoms with van der Waals surface area (Å²) < 4.78 is 4.92. The maximum atomic E-state index is 12.3. The third kappa shape index (κ3) is 4.27. The van der Waals surface area contributed by atoms with Crippen LogP contribution in [0, 0.1) is 11.8 Å². The Bertz CT molecular complexity index is 802. The Morgan fingerprint density at radius 3 is 1.96 bits per heavy atom. The largest absolute Gasteiger partial charge is 0.462 e. The van der Waals surface area contributed by atoms with Crippen molar-refractivity contribution in [1.29, 1.82) is 0 Å². The van der Waals surface area contributed by atoms with Crippen LogP contribution in [0.2, 0.25) is 0 Å². The van der Waals surface area contributed by atoms with Gasteiger partial charge in [-0.2, -0.15) is 0 Å². The summed E-state index contributed by atoms with van der Waals surface area (Å²) in [7, 11) is 0. The Morgan fingerprint density at radius 1 is 0.885 bits per heavy atom. The van der Waals surface area contributed by atoms with E-state index in [2.05, 4.69) is 10.6 Å². The molecule has 134 valence electrons. The Balaban J connectivity index is 1.51. The van der Waals surface area contributed by atoms with Gasteiger partial charge in [0, 0.05) is 11.4 Å². The van der Waals surface area contributed by atoms with Gasteiger partial charge in [0.2, 0.25) is 11.8 Å². The SMILES string of the molecule is CCOC(=O)c1ccc(NC(=O)C2CC2C(=O)Nc2ccccc2)cc1. The number of carbonyl (C=O) groups is 3. The molecule has 2 unspecified atom stereocenters. The number of benzene rings is 2. The van der Waals surface area contributed by atoms with Crippen LogP contribution in [0.5, 0.6) is 0 Å². The van der Waals surface area contributed by atoms with E-state index >= 15 is 0 Å². The van der Waals surface area contributed by atoms with Crippen LogP contribution in [-0.4, -0.2) is 24.4 Å². The highest BCUT2D eigenvalue weighted by Crippen LogP contribution is 2.40. The van der Waals surface area contributed by atoms with Crippen LogP contribution >= 0.6 is 0 Å². The molecule has 1 fully saturated rings. The van der Waals surface area contributed by atoms with Gasteiger partial charge in [-0.15, -0.1) is 0 Å². The van der Waals surface area contributed by atoms with Crippen molar-refractivity contribution >= 4 is 29.2 Å². The van der Waals surface area contributed by atoms with E-state index in [1.807, 2.05) is 18.2 Å². The van der Waals surface area contributed by atoms with Crippen LogP contribution in [0.4, 0.5) is 11.4 Å². The molecular formula is C20H20N2O4. The highest BCUT2D eigenvalue weighted by molar-refractivity contribution is 6.03. The van der Waals surface area contributed by atoms with Gasteiger partial charge in [0.25, 0.3) is 0 Å². The highest BCUT2D eigenvalue weighted by Gasteiger charge is 2.48. The molecule has 0 radical (unpaired) electrons. The lowest BCUT2D eigenvalue weighted by molar-refractivity contribution is -0.122. The number of carbonyl (C=O) groups excluding carboxylic acids is 3. The molecule has 2 aromatic carbocycles. The van der Waals surface area contributed by atoms with Crippen molar-refractivity contribution in [2.24, 2.45) is 11.8 Å². The lowest BCUT2D eigenvalue weighted by Gasteiger charge is -2.07. The third-order valence-electron chi connectivity index (χ3n) is 4.17. The monoisotopic (exact) mass is 352 g/mol. The third-order valence-corrected chi connectivity index (χ3v) is 4.17. The summed E-state index contributed by atoms with van der Waals surface area (Å²) in [6.07, 6.45) is 0.533. The van der Waals surface area contributed by atoms with E-state index in [0.717, 1.165) is 5.69 Å². The van der Waals surface area contributed by atoms with Crippen LogP contribution in [0.15, 0.2) is 54.6 Å². The summed E-state index contributed by atoms with van der Waals surface area (Å²) in [6, 6.07) is 15.6. The average molecular weight is 352 g/mol. The Hall–Kier alpha value is -3.15. The lowest BCUT2D eigenvalue weighted by Crippen LogP contribution is -2.20. The molecule has 2 amide bonds. The van der Waals surface area contributed by atoms with Gasteiger partial charge in [-0.05, 0) is 49.7 Å². The van der Waals surface area contributed by atoms with Crippen molar-refractivity contribution in [1.82, 2.24) is 0 Å². The number of hydrogen-bond donors (Lipinski definition) is 2. The zero-order valence-corrected chi connectivity index (χ0v) is 14.4. The predicted octanol–water partition coefficient (Wildman–Crippen LogP) is 3.08. The van der Waals surface area contributed by atoms with Crippen LogP contribution < -0.4 is 10.6 Å². The number of ether oxygens (including phenoxy) is 1. The topological polar surface area (TPSA) is 84.5 Å². The van der Waals surface area contributed by atoms with Crippen LogP contribution in [0.1, 0.15) is 23.7 Å². The fourth-order valence-corrected chi connectivity index (χ4v) is 2.67. The first-order valence-corrected chi connectivity index (χ1v) is 8.52. The summed E-state index contributed by atoms with van der Waals surface area (Å²) in [6.45, 7) is 2.05. The zero-order chi connectivity index (χ0) is 18.5. The summed E-state index contributed by atoms with van der Waals surface area (Å²) in [5.41, 5.74) is 1.73. The second-order valence-corrected chi connectivity index (χ2v) is 6.09. The number of para-hydroxylation sites is 1. The van der Waals surface area contributed by atoms with Gasteiger partial charge < -0.3 is 15.4 Å². The van der Waals surface area contributed by atoms with E-state index in [-0.39, 0.29) is 23.7 Å². The van der Waals surface area contributed by atoms with Gasteiger partial charge in [-0.25, -0.2) is 4.79 Å². The number of amides is 2. The molecule has 6 nitrogen and oxygen atoms in total. The van der Waals surface area contributed by atoms with Crippen LogP contribution in [-0.2, 0) is 14.3 Å². The molecule has 26 heavy (non-hydrogen) atoms. The normalized spacial score (nSPS) is 17.9. The van der Waals surface area contributed by atoms with E-state index in [9.17, 15) is 14.4 Å². The molecule has 2 N–H and O–H groups in total. The second kappa shape index (κ2) is 7.82. The van der Waals surface area contributed by atoms with Crippen molar-refractivity contribution in [3.8, 4) is 0 Å². The quantitative estimate of drug-likeness (QED) is 0.783. The minimum Gasteiger partial charge on any atom is -0.462 e. The Labute approximate surface area is 151 Å². The molecule has 0 saturated heterocycles. The van der Waals surface area contributed by atoms with Gasteiger partial charge in [0.05, 0.1) is 24.0 Å². The van der Waals surface area contributed by atoms with E-state index in [0.29, 0.717) is 24.3 Å². The Kier molecular flexibility index (Phi) is 5.31. The molecule has 0 aromatic heterocycles. The van der Waals surface area contributed by atoms with Crippen LogP contribution in [0.3, 0.4) is 0 Å². The average Bonchev–Trinajstić information content (AvgIpc) is 3.44. The first-order chi connectivity index (χ1) is 12.6. The van der Waals surface area contributed by atoms with Crippen molar-refractivity contribution < 1.29 is 19.1 Å². The van der Waals surface area contributed by atoms with Gasteiger partial charge >= 0.3 is 5.97 Å². The maximum absolute atomic E-state index is 12.3. The number of esters is 1. The van der Waals surface area contributed by atoms with Crippen molar-refractivity contribution in [2.45, 2.75) is 13.3 Å². The van der Waals surface area contributed by atoms with Gasteiger partial charge in [-0.1, -0.05) is 18.2 Å². The molecule has 1 aliphatic rings. The number of rotatable bonds is 6. The van der Waals surface area contributed by atoms with Crippen molar-refractivity contribution in [2.75, 3.05) is 17.2 Å². The fourth-order valence-electron chi connectivity index (χ4n) is 2.67. The lowest BCUT2D eigenvalue weighted by atomic mass is 10.2. The predicted molar refractivity (Wildman–Crippen MR) is 97.7 cm³/mol. The van der Waals surface area contributed by atoms with Crippen molar-refractivity contribution in [3.05, 3.63) is 60.2 Å². The number of anilines is 2. The fraction of sp³-hybridized carbons (Fsp3) is 0.250. The smallest absolute Gasteiger partial charge is 0.338 e. The molecule has 2 aromatic rings. The summed E-state index contributed by atoms with van der Waals surface area (Å²) >= 11 is 0. The van der Waals surface area contributed by atoms with Gasteiger partial charge in [0.1, 0.15) is 0 Å². The van der Waals surface area contributed by atoms with E-state index in [1.54, 1.807) is 43.3 Å². The van der Waals surface area contributed by atoms with Gasteiger partial charge in [-0.3, -0.25) is 9.59 Å². The van der Waals surface area contributed by atoms with E-state index < -0.39 is 5.97 Å². The molecule has 0 bridgehead atoms. The molecule has 2 atom stereocenters. The molecule has 6 heteroatoms. The summed E-state index contributed by atoms with van der Waals surface area (Å²) in [4.78, 5) is 36.1. The molecular weight excluding hydrogens is 332 g/mol.